The summed E-state index contributed by atoms with van der Waals surface area (Å²) in [6, 6.07) is 11.7. The number of thiophene rings is 1. The van der Waals surface area contributed by atoms with E-state index in [-0.39, 0.29) is 17.7 Å². The molecular formula is C19H17NO2S3. The van der Waals surface area contributed by atoms with Gasteiger partial charge in [-0.15, -0.1) is 34.9 Å². The number of rotatable bonds is 2. The Morgan fingerprint density at radius 2 is 1.76 bits per heavy atom. The van der Waals surface area contributed by atoms with Crippen molar-refractivity contribution in [3.63, 3.8) is 0 Å². The van der Waals surface area contributed by atoms with Gasteiger partial charge in [-0.2, -0.15) is 0 Å². The van der Waals surface area contributed by atoms with Gasteiger partial charge in [-0.05, 0) is 30.5 Å². The van der Waals surface area contributed by atoms with Gasteiger partial charge < -0.3 is 0 Å². The van der Waals surface area contributed by atoms with Crippen LogP contribution in [0.25, 0.3) is 0 Å². The van der Waals surface area contributed by atoms with Gasteiger partial charge in [-0.3, -0.25) is 14.5 Å². The van der Waals surface area contributed by atoms with E-state index in [9.17, 15) is 9.59 Å². The standard InChI is InChI=1S/C19H17NO2S3/c1-12-4-6-13(7-5-12)20-14(16-3-2-8-23-16)11-15(21)17(18(20)22)19-24-9-10-25-19/h2-8,14H,9-11H2,1H3. The lowest BCUT2D eigenvalue weighted by atomic mass is 9.94. The molecule has 2 aliphatic heterocycles. The minimum Gasteiger partial charge on any atom is -0.299 e. The van der Waals surface area contributed by atoms with Gasteiger partial charge in [0, 0.05) is 28.5 Å². The van der Waals surface area contributed by atoms with Crippen molar-refractivity contribution in [2.45, 2.75) is 19.4 Å². The Morgan fingerprint density at radius 1 is 1.04 bits per heavy atom. The van der Waals surface area contributed by atoms with E-state index in [1.54, 1.807) is 34.9 Å². The topological polar surface area (TPSA) is 37.4 Å². The normalized spacial score (nSPS) is 21.3. The Balaban J connectivity index is 1.81. The van der Waals surface area contributed by atoms with Crippen LogP contribution < -0.4 is 4.90 Å². The fourth-order valence-corrected chi connectivity index (χ4v) is 6.50. The van der Waals surface area contributed by atoms with Crippen molar-refractivity contribution in [2.75, 3.05) is 16.4 Å². The van der Waals surface area contributed by atoms with Crippen LogP contribution in [0.2, 0.25) is 0 Å². The molecule has 1 aromatic heterocycles. The third kappa shape index (κ3) is 3.18. The van der Waals surface area contributed by atoms with Crippen LogP contribution in [0.5, 0.6) is 0 Å². The summed E-state index contributed by atoms with van der Waals surface area (Å²) in [6.07, 6.45) is 0.347. The Kier molecular flexibility index (Phi) is 4.75. The quantitative estimate of drug-likeness (QED) is 0.548. The minimum atomic E-state index is -0.219. The molecule has 2 saturated heterocycles. The highest BCUT2D eigenvalue weighted by Gasteiger charge is 2.41. The molecule has 6 heteroatoms. The number of thioether (sulfide) groups is 2. The van der Waals surface area contributed by atoms with E-state index in [4.69, 9.17) is 0 Å². The molecular weight excluding hydrogens is 370 g/mol. The summed E-state index contributed by atoms with van der Waals surface area (Å²) in [5.41, 5.74) is 2.39. The summed E-state index contributed by atoms with van der Waals surface area (Å²) >= 11 is 4.86. The van der Waals surface area contributed by atoms with E-state index in [0.717, 1.165) is 31.9 Å². The van der Waals surface area contributed by atoms with E-state index in [1.165, 1.54) is 0 Å². The van der Waals surface area contributed by atoms with Gasteiger partial charge >= 0.3 is 0 Å². The highest BCUT2D eigenvalue weighted by Crippen LogP contribution is 2.44. The van der Waals surface area contributed by atoms with E-state index in [1.807, 2.05) is 53.6 Å². The van der Waals surface area contributed by atoms with Crippen LogP contribution in [0.15, 0.2) is 51.6 Å². The van der Waals surface area contributed by atoms with Crippen LogP contribution >= 0.6 is 34.9 Å². The van der Waals surface area contributed by atoms with Gasteiger partial charge in [0.2, 0.25) is 0 Å². The van der Waals surface area contributed by atoms with Crippen LogP contribution in [0.4, 0.5) is 5.69 Å². The van der Waals surface area contributed by atoms with Gasteiger partial charge in [0.25, 0.3) is 5.91 Å². The summed E-state index contributed by atoms with van der Waals surface area (Å²) in [4.78, 5) is 29.0. The fourth-order valence-electron chi connectivity index (χ4n) is 3.12. The number of hydrogen-bond acceptors (Lipinski definition) is 5. The number of anilines is 1. The molecule has 1 atom stereocenters. The number of amides is 1. The molecule has 0 radical (unpaired) electrons. The predicted molar refractivity (Wildman–Crippen MR) is 107 cm³/mol. The molecule has 2 fully saturated rings. The van der Waals surface area contributed by atoms with E-state index in [2.05, 4.69) is 0 Å². The molecule has 1 amide bonds. The molecule has 4 rings (SSSR count). The second-order valence-corrected chi connectivity index (χ2v) is 9.48. The average Bonchev–Trinajstić information content (AvgIpc) is 3.29. The number of ketones is 1. The van der Waals surface area contributed by atoms with Crippen LogP contribution in [0.1, 0.15) is 22.9 Å². The second kappa shape index (κ2) is 7.02. The molecule has 1 unspecified atom stereocenters. The summed E-state index contributed by atoms with van der Waals surface area (Å²) in [7, 11) is 0. The van der Waals surface area contributed by atoms with Crippen molar-refractivity contribution in [1.82, 2.24) is 0 Å². The molecule has 3 heterocycles. The first-order valence-electron chi connectivity index (χ1n) is 8.12. The van der Waals surface area contributed by atoms with Gasteiger partial charge in [-0.25, -0.2) is 0 Å². The summed E-state index contributed by atoms with van der Waals surface area (Å²) in [5, 5.41) is 1.99. The van der Waals surface area contributed by atoms with Crippen molar-refractivity contribution in [3.05, 3.63) is 62.0 Å². The number of aryl methyl sites for hydroxylation is 1. The van der Waals surface area contributed by atoms with Crippen molar-refractivity contribution in [3.8, 4) is 0 Å². The summed E-state index contributed by atoms with van der Waals surface area (Å²) in [6.45, 7) is 2.03. The van der Waals surface area contributed by atoms with E-state index < -0.39 is 0 Å². The Bertz CT molecular complexity index is 832. The molecule has 0 bridgehead atoms. The lowest BCUT2D eigenvalue weighted by molar-refractivity contribution is -0.124. The number of carbonyl (C=O) groups excluding carboxylic acids is 2. The first-order chi connectivity index (χ1) is 12.1. The number of nitrogens with zero attached hydrogens (tertiary/aromatic N) is 1. The zero-order chi connectivity index (χ0) is 17.4. The molecule has 0 saturated carbocycles. The highest BCUT2D eigenvalue weighted by atomic mass is 32.2. The summed E-state index contributed by atoms with van der Waals surface area (Å²) in [5.74, 6) is 1.74. The molecule has 25 heavy (non-hydrogen) atoms. The zero-order valence-corrected chi connectivity index (χ0v) is 16.2. The lowest BCUT2D eigenvalue weighted by Gasteiger charge is -2.36. The minimum absolute atomic E-state index is 0.0244. The van der Waals surface area contributed by atoms with E-state index >= 15 is 0 Å². The van der Waals surface area contributed by atoms with Crippen LogP contribution in [-0.2, 0) is 9.59 Å². The molecule has 1 aromatic carbocycles. The third-order valence-corrected chi connectivity index (χ3v) is 8.03. The average molecular weight is 388 g/mol. The van der Waals surface area contributed by atoms with Crippen LogP contribution in [0, 0.1) is 6.92 Å². The number of carbonyl (C=O) groups is 2. The predicted octanol–water partition coefficient (Wildman–Crippen LogP) is 4.80. The highest BCUT2D eigenvalue weighted by molar-refractivity contribution is 8.25. The lowest BCUT2D eigenvalue weighted by Crippen LogP contribution is -2.43. The molecule has 0 spiro atoms. The maximum atomic E-state index is 13.3. The van der Waals surface area contributed by atoms with Crippen molar-refractivity contribution in [1.29, 1.82) is 0 Å². The van der Waals surface area contributed by atoms with Gasteiger partial charge in [0.15, 0.2) is 5.78 Å². The number of Topliss-reactive ketones (excluding diaryl/α,β-unsaturated/α-hetero) is 1. The summed E-state index contributed by atoms with van der Waals surface area (Å²) < 4.78 is 0.900. The molecule has 128 valence electrons. The molecule has 2 aromatic rings. The van der Waals surface area contributed by atoms with Gasteiger partial charge in [0.05, 0.1) is 10.3 Å². The van der Waals surface area contributed by atoms with Crippen molar-refractivity contribution < 1.29 is 9.59 Å². The first-order valence-corrected chi connectivity index (χ1v) is 11.0. The van der Waals surface area contributed by atoms with Crippen molar-refractivity contribution >= 4 is 52.2 Å². The maximum absolute atomic E-state index is 13.3. The monoisotopic (exact) mass is 387 g/mol. The largest absolute Gasteiger partial charge is 0.299 e. The molecule has 3 nitrogen and oxygen atoms in total. The number of hydrogen-bond donors (Lipinski definition) is 0. The van der Waals surface area contributed by atoms with Crippen molar-refractivity contribution in [2.24, 2.45) is 0 Å². The second-order valence-electron chi connectivity index (χ2n) is 6.03. The zero-order valence-electron chi connectivity index (χ0n) is 13.7. The number of benzene rings is 1. The Labute approximate surface area is 159 Å². The number of piperidine rings is 1. The fraction of sp³-hybridized carbons (Fsp3) is 0.263. The SMILES string of the molecule is Cc1ccc(N2C(=O)C(=C3SCCS3)C(=O)CC2c2cccs2)cc1. The molecule has 2 aliphatic rings. The Hall–Kier alpha value is -1.50. The first kappa shape index (κ1) is 16.9. The maximum Gasteiger partial charge on any atom is 0.264 e. The third-order valence-electron chi connectivity index (χ3n) is 4.34. The van der Waals surface area contributed by atoms with E-state index in [0.29, 0.717) is 12.0 Å². The molecule has 0 aliphatic carbocycles. The van der Waals surface area contributed by atoms with Crippen LogP contribution in [-0.4, -0.2) is 23.2 Å². The van der Waals surface area contributed by atoms with Gasteiger partial charge in [0.1, 0.15) is 5.57 Å². The Morgan fingerprint density at radius 3 is 2.40 bits per heavy atom. The molecule has 0 N–H and O–H groups in total. The smallest absolute Gasteiger partial charge is 0.264 e. The van der Waals surface area contributed by atoms with Crippen LogP contribution in [0.3, 0.4) is 0 Å². The van der Waals surface area contributed by atoms with Gasteiger partial charge in [-0.1, -0.05) is 23.8 Å².